The standard InChI is InChI=1S/C37H65BrN7O17P3S/c1-4-5-6-7-8-9-10-11-12-13-14-15-16-25(38)36(50)66-20-19-40-27(46)17-18-41-34(49)31(48)37(2,3)22-59-65(56,57)62-64(54,55)58-21-26-30(61-63(51,52)53)29(47)35(60-26)45-24-44-28-32(39)42-23-43-33(28)45/h23-26,29-31,35,47-48H,4-22H2,1-3H3,(H,40,46)(H,41,49)(H,54,55)(H,56,57)(H2,39,42,43)(H2,51,52,53)/t25?,26-,29-,30-,31+,35-/m1/s1. The number of imidazole rings is 1. The molecule has 66 heavy (non-hydrogen) atoms. The lowest BCUT2D eigenvalue weighted by molar-refractivity contribution is -0.137. The number of rotatable bonds is 33. The molecule has 3 rings (SSSR count). The van der Waals surface area contributed by atoms with Crippen LogP contribution in [0.25, 0.3) is 11.2 Å². The number of aliphatic hydroxyl groups excluding tert-OH is 2. The highest BCUT2D eigenvalue weighted by molar-refractivity contribution is 9.10. The smallest absolute Gasteiger partial charge is 0.386 e. The number of hydrogen-bond acceptors (Lipinski definition) is 18. The van der Waals surface area contributed by atoms with Crippen LogP contribution < -0.4 is 16.4 Å². The highest BCUT2D eigenvalue weighted by Gasteiger charge is 2.50. The number of nitrogens with one attached hydrogen (secondary N) is 2. The number of aliphatic hydroxyl groups is 2. The first-order valence-electron chi connectivity index (χ1n) is 21.7. The molecule has 3 heterocycles. The predicted octanol–water partition coefficient (Wildman–Crippen LogP) is 4.52. The molecule has 0 spiro atoms. The maximum Gasteiger partial charge on any atom is 0.481 e. The minimum absolute atomic E-state index is 0.00995. The van der Waals surface area contributed by atoms with E-state index in [1.807, 2.05) is 0 Å². The predicted molar refractivity (Wildman–Crippen MR) is 246 cm³/mol. The van der Waals surface area contributed by atoms with Gasteiger partial charge < -0.3 is 50.9 Å². The number of nitrogens with zero attached hydrogens (tertiary/aromatic N) is 4. The molecule has 29 heteroatoms. The molecule has 24 nitrogen and oxygen atoms in total. The number of halogens is 1. The highest BCUT2D eigenvalue weighted by Crippen LogP contribution is 2.61. The summed E-state index contributed by atoms with van der Waals surface area (Å²) in [4.78, 5) is 88.4. The molecule has 1 aliphatic heterocycles. The lowest BCUT2D eigenvalue weighted by atomic mass is 9.87. The van der Waals surface area contributed by atoms with Gasteiger partial charge in [-0.15, -0.1) is 0 Å². The second-order valence-electron chi connectivity index (χ2n) is 16.4. The van der Waals surface area contributed by atoms with Gasteiger partial charge in [-0.25, -0.2) is 28.6 Å². The van der Waals surface area contributed by atoms with E-state index in [0.717, 1.165) is 54.7 Å². The Morgan fingerprint density at radius 3 is 2.15 bits per heavy atom. The van der Waals surface area contributed by atoms with Crippen molar-refractivity contribution in [1.29, 1.82) is 0 Å². The second kappa shape index (κ2) is 28.0. The van der Waals surface area contributed by atoms with Crippen molar-refractivity contribution in [2.24, 2.45) is 5.41 Å². The van der Waals surface area contributed by atoms with Gasteiger partial charge in [0.05, 0.1) is 24.4 Å². The summed E-state index contributed by atoms with van der Waals surface area (Å²) in [6, 6.07) is 0. The summed E-state index contributed by atoms with van der Waals surface area (Å²) in [5, 5.41) is 26.6. The SMILES string of the molecule is CCCCCCCCCCCCCCC(Br)C(=O)SCCNC(=O)CCNC(=O)[C@H](O)C(C)(C)COP(=O)(O)OP(=O)(O)OC[C@H]1O[C@@H](n2cnc3c(N)ncnc32)[C@H](O)[C@@H]1OP(=O)(O)O. The number of ether oxygens (including phenoxy) is 1. The van der Waals surface area contributed by atoms with Crippen LogP contribution in [-0.4, -0.2) is 128 Å². The zero-order valence-corrected chi connectivity index (χ0v) is 42.3. The van der Waals surface area contributed by atoms with E-state index in [1.54, 1.807) is 0 Å². The summed E-state index contributed by atoms with van der Waals surface area (Å²) in [5.74, 6) is -1.08. The molecule has 0 aromatic carbocycles. The molecule has 1 fully saturated rings. The Morgan fingerprint density at radius 1 is 0.924 bits per heavy atom. The first kappa shape index (κ1) is 58.4. The van der Waals surface area contributed by atoms with Gasteiger partial charge in [0.1, 0.15) is 36.3 Å². The number of nitrogens with two attached hydrogens (primary N) is 1. The van der Waals surface area contributed by atoms with E-state index >= 15 is 0 Å². The van der Waals surface area contributed by atoms with Crippen molar-refractivity contribution < 1.29 is 80.5 Å². The summed E-state index contributed by atoms with van der Waals surface area (Å²) in [6.45, 7) is 2.76. The molecule has 10 N–H and O–H groups in total. The van der Waals surface area contributed by atoms with E-state index in [4.69, 9.17) is 19.5 Å². The van der Waals surface area contributed by atoms with Gasteiger partial charge >= 0.3 is 23.5 Å². The number of anilines is 1. The lowest BCUT2D eigenvalue weighted by Crippen LogP contribution is -2.46. The lowest BCUT2D eigenvalue weighted by Gasteiger charge is -2.30. The third-order valence-electron chi connectivity index (χ3n) is 10.3. The maximum absolute atomic E-state index is 12.7. The van der Waals surface area contributed by atoms with Gasteiger partial charge in [0, 0.05) is 30.7 Å². The van der Waals surface area contributed by atoms with Crippen LogP contribution in [0.5, 0.6) is 0 Å². The molecule has 3 unspecified atom stereocenters. The molecule has 2 amide bonds. The molecule has 0 bridgehead atoms. The summed E-state index contributed by atoms with van der Waals surface area (Å²) < 4.78 is 62.4. The third-order valence-corrected chi connectivity index (χ3v) is 15.6. The minimum Gasteiger partial charge on any atom is -0.386 e. The zero-order valence-electron chi connectivity index (χ0n) is 37.2. The van der Waals surface area contributed by atoms with Crippen molar-refractivity contribution in [3.05, 3.63) is 12.7 Å². The molecule has 0 radical (unpaired) electrons. The summed E-state index contributed by atoms with van der Waals surface area (Å²) in [7, 11) is -16.4. The number of carbonyl (C=O) groups is 3. The van der Waals surface area contributed by atoms with E-state index in [9.17, 15) is 57.9 Å². The fourth-order valence-corrected chi connectivity index (χ4v) is 10.9. The van der Waals surface area contributed by atoms with Gasteiger partial charge in [-0.3, -0.25) is 32.5 Å². The first-order valence-corrected chi connectivity index (χ1v) is 28.1. The fraction of sp³-hybridized carbons (Fsp3) is 0.784. The van der Waals surface area contributed by atoms with Crippen LogP contribution in [0.3, 0.4) is 0 Å². The number of unbranched alkanes of at least 4 members (excludes halogenated alkanes) is 11. The molecule has 2 aromatic heterocycles. The molecule has 1 aliphatic rings. The summed E-state index contributed by atoms with van der Waals surface area (Å²) in [5.41, 5.74) is 4.28. The van der Waals surface area contributed by atoms with Gasteiger partial charge in [-0.05, 0) is 6.42 Å². The number of alkyl halides is 1. The molecular formula is C37H65BrN7O17P3S. The van der Waals surface area contributed by atoms with Crippen molar-refractivity contribution >= 4 is 85.1 Å². The number of fused-ring (bicyclic) bond motifs is 1. The van der Waals surface area contributed by atoms with Crippen molar-refractivity contribution in [1.82, 2.24) is 30.2 Å². The molecular weight excluding hydrogens is 1020 g/mol. The topological polar surface area (TPSA) is 364 Å². The Labute approximate surface area is 396 Å². The monoisotopic (exact) mass is 1080 g/mol. The van der Waals surface area contributed by atoms with Gasteiger partial charge in [-0.2, -0.15) is 4.31 Å². The summed E-state index contributed by atoms with van der Waals surface area (Å²) in [6.07, 6.45) is 8.69. The number of nitrogen functional groups attached to an aromatic ring is 1. The van der Waals surface area contributed by atoms with Gasteiger partial charge in [0.25, 0.3) is 0 Å². The Kier molecular flexibility index (Phi) is 24.8. The largest absolute Gasteiger partial charge is 0.481 e. The van der Waals surface area contributed by atoms with Gasteiger partial charge in [0.2, 0.25) is 16.9 Å². The van der Waals surface area contributed by atoms with Crippen LogP contribution in [0, 0.1) is 5.41 Å². The molecule has 1 saturated heterocycles. The number of carbonyl (C=O) groups excluding carboxylic acids is 3. The van der Waals surface area contributed by atoms with Crippen molar-refractivity contribution in [3.8, 4) is 0 Å². The van der Waals surface area contributed by atoms with Gasteiger partial charge in [0.15, 0.2) is 17.7 Å². The van der Waals surface area contributed by atoms with Crippen LogP contribution in [0.1, 0.15) is 117 Å². The summed E-state index contributed by atoms with van der Waals surface area (Å²) >= 11 is 4.59. The quantitative estimate of drug-likeness (QED) is 0.0269. The second-order valence-corrected chi connectivity index (χ2v) is 22.8. The Hall–Kier alpha value is -1.96. The molecule has 0 saturated carbocycles. The number of phosphoric acid groups is 3. The third kappa shape index (κ3) is 20.6. The van der Waals surface area contributed by atoms with Crippen LogP contribution in [-0.2, 0) is 50.7 Å². The average Bonchev–Trinajstić information content (AvgIpc) is 3.80. The normalized spacial score (nSPS) is 20.7. The van der Waals surface area contributed by atoms with Crippen molar-refractivity contribution in [2.75, 3.05) is 37.8 Å². The number of thioether (sulfide) groups is 1. The number of amides is 2. The first-order chi connectivity index (χ1) is 31.0. The van der Waals surface area contributed by atoms with E-state index in [2.05, 4.69) is 57.3 Å². The molecule has 8 atom stereocenters. The average molecular weight is 1080 g/mol. The van der Waals surface area contributed by atoms with E-state index in [0.29, 0.717) is 5.75 Å². The van der Waals surface area contributed by atoms with Crippen LogP contribution in [0.4, 0.5) is 5.82 Å². The Balaban J connectivity index is 1.34. The van der Waals surface area contributed by atoms with Crippen molar-refractivity contribution in [2.45, 2.75) is 146 Å². The van der Waals surface area contributed by atoms with Gasteiger partial charge in [-0.1, -0.05) is 126 Å². The number of phosphoric ester groups is 3. The zero-order chi connectivity index (χ0) is 49.1. The van der Waals surface area contributed by atoms with Crippen LogP contribution in [0.15, 0.2) is 12.7 Å². The van der Waals surface area contributed by atoms with Crippen LogP contribution in [0.2, 0.25) is 0 Å². The Morgan fingerprint density at radius 2 is 1.53 bits per heavy atom. The number of aromatic nitrogens is 4. The minimum atomic E-state index is -5.58. The van der Waals surface area contributed by atoms with Crippen LogP contribution >= 0.6 is 51.2 Å². The van der Waals surface area contributed by atoms with E-state index in [1.165, 1.54) is 71.6 Å². The number of hydrogen-bond donors (Lipinski definition) is 9. The molecule has 2 aromatic rings. The highest BCUT2D eigenvalue weighted by atomic mass is 79.9. The van der Waals surface area contributed by atoms with E-state index < -0.39 is 84.6 Å². The Bertz CT molecular complexity index is 2000. The van der Waals surface area contributed by atoms with Crippen molar-refractivity contribution in [3.63, 3.8) is 0 Å². The maximum atomic E-state index is 12.7. The molecule has 378 valence electrons. The fourth-order valence-electron chi connectivity index (χ4n) is 6.65. The molecule has 0 aliphatic carbocycles. The van der Waals surface area contributed by atoms with E-state index in [-0.39, 0.29) is 46.4 Å².